The molecule has 4 aromatic rings. The van der Waals surface area contributed by atoms with Gasteiger partial charge in [-0.1, -0.05) is 11.6 Å². The number of carbonyl (C=O) groups excluding carboxylic acids is 1. The minimum Gasteiger partial charge on any atom is -0.497 e. The summed E-state index contributed by atoms with van der Waals surface area (Å²) in [4.78, 5) is 25.7. The van der Waals surface area contributed by atoms with Crippen molar-refractivity contribution in [2.75, 3.05) is 19.5 Å². The molecule has 0 saturated heterocycles. The summed E-state index contributed by atoms with van der Waals surface area (Å²) in [5.74, 6) is 0.754. The van der Waals surface area contributed by atoms with Gasteiger partial charge in [-0.05, 0) is 42.5 Å². The van der Waals surface area contributed by atoms with Crippen LogP contribution in [0.2, 0.25) is 5.02 Å². The van der Waals surface area contributed by atoms with E-state index in [2.05, 4.69) is 10.4 Å². The van der Waals surface area contributed by atoms with E-state index in [1.54, 1.807) is 55.8 Å². The van der Waals surface area contributed by atoms with Crippen LogP contribution < -0.4 is 20.3 Å². The molecule has 0 aliphatic rings. The van der Waals surface area contributed by atoms with Crippen LogP contribution in [0, 0.1) is 0 Å². The third-order valence-electron chi connectivity index (χ3n) is 5.13. The van der Waals surface area contributed by atoms with Crippen LogP contribution in [0.3, 0.4) is 0 Å². The molecule has 0 radical (unpaired) electrons. The molecule has 1 amide bonds. The maximum Gasteiger partial charge on any atom is 0.277 e. The SMILES string of the molecule is COc1ccc(-c2nn3ccn(CC(=O)Nc4ccc(OC)c(Cl)c4)c(=O)c3c2CO)cc1. The van der Waals surface area contributed by atoms with Gasteiger partial charge in [0.2, 0.25) is 5.91 Å². The van der Waals surface area contributed by atoms with Crippen LogP contribution in [0.25, 0.3) is 16.8 Å². The van der Waals surface area contributed by atoms with Crippen LogP contribution in [0.15, 0.2) is 59.7 Å². The standard InChI is InChI=1S/C23H21ClN4O5/c1-32-16-6-3-14(4-7-16)21-17(13-29)22-23(31)27(9-10-28(22)26-21)12-20(30)25-15-5-8-19(33-2)18(24)11-15/h3-11,29H,12-13H2,1-2H3,(H,25,30). The van der Waals surface area contributed by atoms with Gasteiger partial charge in [0.25, 0.3) is 5.56 Å². The number of hydrogen-bond acceptors (Lipinski definition) is 6. The number of fused-ring (bicyclic) bond motifs is 1. The van der Waals surface area contributed by atoms with Gasteiger partial charge in [0.15, 0.2) is 0 Å². The van der Waals surface area contributed by atoms with E-state index in [1.807, 2.05) is 0 Å². The minimum atomic E-state index is -0.447. The molecule has 0 aliphatic heterocycles. The number of nitrogens with one attached hydrogen (secondary N) is 1. The van der Waals surface area contributed by atoms with E-state index in [0.717, 1.165) is 5.56 Å². The number of carbonyl (C=O) groups is 1. The van der Waals surface area contributed by atoms with Crippen molar-refractivity contribution in [1.82, 2.24) is 14.2 Å². The zero-order chi connectivity index (χ0) is 23.5. The van der Waals surface area contributed by atoms with Crippen molar-refractivity contribution in [3.05, 3.63) is 75.8 Å². The quantitative estimate of drug-likeness (QED) is 0.432. The number of ether oxygens (including phenoxy) is 2. The van der Waals surface area contributed by atoms with Crippen molar-refractivity contribution >= 4 is 28.7 Å². The number of halogens is 1. The van der Waals surface area contributed by atoms with E-state index in [1.165, 1.54) is 22.4 Å². The highest BCUT2D eigenvalue weighted by Crippen LogP contribution is 2.28. The Kier molecular flexibility index (Phi) is 6.34. The molecule has 10 heteroatoms. The number of aromatic nitrogens is 3. The van der Waals surface area contributed by atoms with Gasteiger partial charge >= 0.3 is 0 Å². The Labute approximate surface area is 193 Å². The Morgan fingerprint density at radius 1 is 1.12 bits per heavy atom. The molecule has 0 aliphatic carbocycles. The molecule has 0 bridgehead atoms. The van der Waals surface area contributed by atoms with Crippen LogP contribution in [0.1, 0.15) is 5.56 Å². The highest BCUT2D eigenvalue weighted by atomic mass is 35.5. The molecule has 0 spiro atoms. The summed E-state index contributed by atoms with van der Waals surface area (Å²) in [6.45, 7) is -0.618. The number of benzene rings is 2. The minimum absolute atomic E-state index is 0.200. The van der Waals surface area contributed by atoms with Crippen LogP contribution in [0.5, 0.6) is 11.5 Å². The molecule has 9 nitrogen and oxygen atoms in total. The summed E-state index contributed by atoms with van der Waals surface area (Å²) in [6, 6.07) is 12.0. The normalized spacial score (nSPS) is 10.9. The second-order valence-corrected chi connectivity index (χ2v) is 7.54. The molecule has 0 atom stereocenters. The number of methoxy groups -OCH3 is 2. The molecule has 2 aromatic heterocycles. The van der Waals surface area contributed by atoms with E-state index >= 15 is 0 Å². The summed E-state index contributed by atoms with van der Waals surface area (Å²) in [5.41, 5.74) is 1.81. The number of aliphatic hydroxyl groups excluding tert-OH is 1. The van der Waals surface area contributed by atoms with Crippen molar-refractivity contribution in [3.8, 4) is 22.8 Å². The zero-order valence-corrected chi connectivity index (χ0v) is 18.7. The van der Waals surface area contributed by atoms with Gasteiger partial charge in [-0.15, -0.1) is 0 Å². The first kappa shape index (κ1) is 22.4. The smallest absolute Gasteiger partial charge is 0.277 e. The average molecular weight is 469 g/mol. The van der Waals surface area contributed by atoms with E-state index in [0.29, 0.717) is 33.5 Å². The monoisotopic (exact) mass is 468 g/mol. The molecule has 33 heavy (non-hydrogen) atoms. The van der Waals surface area contributed by atoms with E-state index in [9.17, 15) is 14.7 Å². The number of rotatable bonds is 7. The lowest BCUT2D eigenvalue weighted by Crippen LogP contribution is -2.28. The third kappa shape index (κ3) is 4.41. The molecule has 4 rings (SSSR count). The lowest BCUT2D eigenvalue weighted by Gasteiger charge is -2.09. The summed E-state index contributed by atoms with van der Waals surface area (Å²) >= 11 is 6.10. The summed E-state index contributed by atoms with van der Waals surface area (Å²) in [5, 5.41) is 17.5. The molecular weight excluding hydrogens is 448 g/mol. The molecular formula is C23H21ClN4O5. The second-order valence-electron chi connectivity index (χ2n) is 7.14. The Hall–Kier alpha value is -3.82. The predicted molar refractivity (Wildman–Crippen MR) is 124 cm³/mol. The van der Waals surface area contributed by atoms with Gasteiger partial charge < -0.3 is 24.5 Å². The highest BCUT2D eigenvalue weighted by Gasteiger charge is 2.18. The van der Waals surface area contributed by atoms with E-state index in [4.69, 9.17) is 21.1 Å². The molecule has 0 fully saturated rings. The zero-order valence-electron chi connectivity index (χ0n) is 17.9. The molecule has 0 unspecified atom stereocenters. The van der Waals surface area contributed by atoms with Crippen LogP contribution >= 0.6 is 11.6 Å². The van der Waals surface area contributed by atoms with Crippen LogP contribution in [-0.2, 0) is 17.9 Å². The molecule has 2 aromatic carbocycles. The van der Waals surface area contributed by atoms with Crippen LogP contribution in [-0.4, -0.2) is 39.4 Å². The summed E-state index contributed by atoms with van der Waals surface area (Å²) < 4.78 is 12.9. The van der Waals surface area contributed by atoms with Gasteiger partial charge in [-0.2, -0.15) is 5.10 Å². The van der Waals surface area contributed by atoms with Crippen molar-refractivity contribution in [3.63, 3.8) is 0 Å². The van der Waals surface area contributed by atoms with Crippen LogP contribution in [0.4, 0.5) is 5.69 Å². The maximum absolute atomic E-state index is 13.1. The molecule has 0 saturated carbocycles. The van der Waals surface area contributed by atoms with E-state index in [-0.39, 0.29) is 18.7 Å². The molecule has 2 N–H and O–H groups in total. The number of amides is 1. The Morgan fingerprint density at radius 3 is 2.52 bits per heavy atom. The van der Waals surface area contributed by atoms with Crippen molar-refractivity contribution < 1.29 is 19.4 Å². The summed E-state index contributed by atoms with van der Waals surface area (Å²) in [7, 11) is 3.07. The molecule has 2 heterocycles. The fourth-order valence-corrected chi connectivity index (χ4v) is 3.76. The first-order valence-corrected chi connectivity index (χ1v) is 10.3. The predicted octanol–water partition coefficient (Wildman–Crippen LogP) is 2.96. The fourth-order valence-electron chi connectivity index (χ4n) is 3.51. The maximum atomic E-state index is 13.1. The van der Waals surface area contributed by atoms with Gasteiger partial charge in [0.05, 0.1) is 31.5 Å². The van der Waals surface area contributed by atoms with Crippen molar-refractivity contribution in [2.24, 2.45) is 0 Å². The Balaban J connectivity index is 1.64. The fraction of sp³-hybridized carbons (Fsp3) is 0.174. The lowest BCUT2D eigenvalue weighted by atomic mass is 10.1. The number of nitrogens with zero attached hydrogens (tertiary/aromatic N) is 3. The highest BCUT2D eigenvalue weighted by molar-refractivity contribution is 6.32. The first-order chi connectivity index (χ1) is 15.9. The third-order valence-corrected chi connectivity index (χ3v) is 5.43. The van der Waals surface area contributed by atoms with Crippen molar-refractivity contribution in [2.45, 2.75) is 13.2 Å². The Bertz CT molecular complexity index is 1380. The van der Waals surface area contributed by atoms with Crippen molar-refractivity contribution in [1.29, 1.82) is 0 Å². The average Bonchev–Trinajstić information content (AvgIpc) is 3.20. The van der Waals surface area contributed by atoms with E-state index < -0.39 is 11.5 Å². The van der Waals surface area contributed by atoms with Gasteiger partial charge in [-0.25, -0.2) is 4.52 Å². The Morgan fingerprint density at radius 2 is 1.88 bits per heavy atom. The second kappa shape index (κ2) is 9.35. The number of anilines is 1. The van der Waals surface area contributed by atoms with Gasteiger partial charge in [0, 0.05) is 29.2 Å². The van der Waals surface area contributed by atoms with Gasteiger partial charge in [-0.3, -0.25) is 9.59 Å². The summed E-state index contributed by atoms with van der Waals surface area (Å²) in [6.07, 6.45) is 3.04. The lowest BCUT2D eigenvalue weighted by molar-refractivity contribution is -0.116. The largest absolute Gasteiger partial charge is 0.497 e. The van der Waals surface area contributed by atoms with Gasteiger partial charge in [0.1, 0.15) is 23.6 Å². The number of hydrogen-bond donors (Lipinski definition) is 2. The topological polar surface area (TPSA) is 107 Å². The first-order valence-electron chi connectivity index (χ1n) is 9.94. The number of aliphatic hydroxyl groups is 1. The molecule has 170 valence electrons.